The van der Waals surface area contributed by atoms with Gasteiger partial charge in [0.25, 0.3) is 0 Å². The molecule has 4 heteroatoms. The van der Waals surface area contributed by atoms with Crippen LogP contribution < -0.4 is 5.32 Å². The molecule has 0 radical (unpaired) electrons. The second-order valence-corrected chi connectivity index (χ2v) is 3.89. The van der Waals surface area contributed by atoms with Crippen LogP contribution in [0.3, 0.4) is 0 Å². The molecule has 3 nitrogen and oxygen atoms in total. The second kappa shape index (κ2) is 5.93. The van der Waals surface area contributed by atoms with Gasteiger partial charge in [0.05, 0.1) is 10.7 Å². The van der Waals surface area contributed by atoms with E-state index in [9.17, 15) is 0 Å². The fourth-order valence-electron chi connectivity index (χ4n) is 1.24. The highest BCUT2D eigenvalue weighted by Gasteiger charge is 2.05. The van der Waals surface area contributed by atoms with Gasteiger partial charge in [0.1, 0.15) is 5.82 Å². The minimum absolute atomic E-state index is 0.733. The zero-order chi connectivity index (χ0) is 11.3. The topological polar surface area (TPSA) is 28.2 Å². The molecule has 0 atom stereocenters. The largest absolute Gasteiger partial charge is 0.370 e. The second-order valence-electron chi connectivity index (χ2n) is 3.49. The highest BCUT2D eigenvalue weighted by Crippen LogP contribution is 2.17. The van der Waals surface area contributed by atoms with Crippen molar-refractivity contribution in [3.8, 4) is 0 Å². The summed E-state index contributed by atoms with van der Waals surface area (Å²) in [6, 6.07) is 3.80. The van der Waals surface area contributed by atoms with Gasteiger partial charge in [-0.05, 0) is 32.6 Å². The zero-order valence-corrected chi connectivity index (χ0v) is 10.3. The van der Waals surface area contributed by atoms with E-state index in [4.69, 9.17) is 11.6 Å². The van der Waals surface area contributed by atoms with Crippen LogP contribution in [0.2, 0.25) is 5.02 Å². The van der Waals surface area contributed by atoms with E-state index in [2.05, 4.69) is 29.2 Å². The fraction of sp³-hybridized carbons (Fsp3) is 0.545. The van der Waals surface area contributed by atoms with Gasteiger partial charge in [-0.25, -0.2) is 4.98 Å². The maximum absolute atomic E-state index is 6.08. The van der Waals surface area contributed by atoms with E-state index in [-0.39, 0.29) is 0 Å². The number of hydrogen-bond acceptors (Lipinski definition) is 3. The number of pyridine rings is 1. The first kappa shape index (κ1) is 12.3. The van der Waals surface area contributed by atoms with Crippen molar-refractivity contribution in [2.75, 3.05) is 25.5 Å². The van der Waals surface area contributed by atoms with Crippen LogP contribution >= 0.6 is 11.6 Å². The van der Waals surface area contributed by atoms with Crippen LogP contribution in [0, 0.1) is 0 Å². The zero-order valence-electron chi connectivity index (χ0n) is 9.55. The van der Waals surface area contributed by atoms with Crippen molar-refractivity contribution >= 4 is 17.4 Å². The Morgan fingerprint density at radius 3 is 2.73 bits per heavy atom. The molecule has 84 valence electrons. The van der Waals surface area contributed by atoms with Gasteiger partial charge in [-0.15, -0.1) is 0 Å². The number of rotatable bonds is 5. The van der Waals surface area contributed by atoms with Gasteiger partial charge in [0.2, 0.25) is 0 Å². The summed E-state index contributed by atoms with van der Waals surface area (Å²) in [5.41, 5.74) is 0.930. The minimum Gasteiger partial charge on any atom is -0.370 e. The number of nitrogens with zero attached hydrogens (tertiary/aromatic N) is 2. The predicted molar refractivity (Wildman–Crippen MR) is 65.4 cm³/mol. The number of nitrogens with one attached hydrogen (secondary N) is 1. The van der Waals surface area contributed by atoms with Gasteiger partial charge in [-0.1, -0.05) is 18.5 Å². The van der Waals surface area contributed by atoms with E-state index in [0.29, 0.717) is 0 Å². The molecule has 0 saturated heterocycles. The lowest BCUT2D eigenvalue weighted by molar-refractivity contribution is 0.341. The summed E-state index contributed by atoms with van der Waals surface area (Å²) in [4.78, 5) is 6.64. The van der Waals surface area contributed by atoms with Crippen molar-refractivity contribution in [3.05, 3.63) is 22.8 Å². The molecule has 0 amide bonds. The first-order valence-corrected chi connectivity index (χ1v) is 5.63. The van der Waals surface area contributed by atoms with E-state index >= 15 is 0 Å². The summed E-state index contributed by atoms with van der Waals surface area (Å²) in [6.45, 7) is 6.81. The van der Waals surface area contributed by atoms with Crippen LogP contribution in [0.1, 0.15) is 19.5 Å². The summed E-state index contributed by atoms with van der Waals surface area (Å²) in [5.74, 6) is 0.890. The molecule has 0 aromatic carbocycles. The Bertz CT molecular complexity index is 315. The standard InChI is InChI=1S/C11H18ClN3/c1-4-13-11-7-6-9(12)10(14-11)8-15(3)5-2/h6-7H,4-5,8H2,1-3H3,(H,13,14). The normalized spacial score (nSPS) is 10.7. The molecule has 0 aliphatic rings. The third-order valence-electron chi connectivity index (χ3n) is 2.24. The van der Waals surface area contributed by atoms with Gasteiger partial charge in [-0.3, -0.25) is 0 Å². The Balaban J connectivity index is 2.80. The van der Waals surface area contributed by atoms with E-state index in [1.807, 2.05) is 19.1 Å². The summed E-state index contributed by atoms with van der Waals surface area (Å²) >= 11 is 6.08. The monoisotopic (exact) mass is 227 g/mol. The van der Waals surface area contributed by atoms with Crippen molar-refractivity contribution in [3.63, 3.8) is 0 Å². The molecule has 0 bridgehead atoms. The lowest BCUT2D eigenvalue weighted by atomic mass is 10.3. The molecule has 1 heterocycles. The molecule has 0 aliphatic carbocycles. The lowest BCUT2D eigenvalue weighted by Crippen LogP contribution is -2.18. The maximum atomic E-state index is 6.08. The molecule has 0 unspecified atom stereocenters. The Kier molecular flexibility index (Phi) is 4.85. The molecule has 1 rings (SSSR count). The molecule has 1 aromatic rings. The van der Waals surface area contributed by atoms with Crippen LogP contribution in [0.5, 0.6) is 0 Å². The quantitative estimate of drug-likeness (QED) is 0.838. The summed E-state index contributed by atoms with van der Waals surface area (Å²) in [7, 11) is 2.05. The van der Waals surface area contributed by atoms with E-state index < -0.39 is 0 Å². The molecular formula is C11H18ClN3. The van der Waals surface area contributed by atoms with E-state index in [0.717, 1.165) is 36.2 Å². The van der Waals surface area contributed by atoms with Crippen LogP contribution in [0.25, 0.3) is 0 Å². The summed E-state index contributed by atoms with van der Waals surface area (Å²) in [6.07, 6.45) is 0. The van der Waals surface area contributed by atoms with Crippen molar-refractivity contribution in [2.45, 2.75) is 20.4 Å². The first-order chi connectivity index (χ1) is 7.17. The summed E-state index contributed by atoms with van der Waals surface area (Å²) < 4.78 is 0. The van der Waals surface area contributed by atoms with Gasteiger partial charge in [0.15, 0.2) is 0 Å². The Labute approximate surface area is 96.5 Å². The smallest absolute Gasteiger partial charge is 0.126 e. The van der Waals surface area contributed by atoms with Gasteiger partial charge < -0.3 is 10.2 Å². The molecule has 0 saturated carbocycles. The molecular weight excluding hydrogens is 210 g/mol. The lowest BCUT2D eigenvalue weighted by Gasteiger charge is -2.15. The number of anilines is 1. The molecule has 1 aromatic heterocycles. The molecule has 0 fully saturated rings. The number of aromatic nitrogens is 1. The van der Waals surface area contributed by atoms with Crippen LogP contribution in [-0.4, -0.2) is 30.0 Å². The molecule has 0 aliphatic heterocycles. The van der Waals surface area contributed by atoms with Crippen LogP contribution in [-0.2, 0) is 6.54 Å². The van der Waals surface area contributed by atoms with Crippen LogP contribution in [0.4, 0.5) is 5.82 Å². The first-order valence-electron chi connectivity index (χ1n) is 5.25. The van der Waals surface area contributed by atoms with Crippen molar-refractivity contribution in [2.24, 2.45) is 0 Å². The third-order valence-corrected chi connectivity index (χ3v) is 2.58. The average molecular weight is 228 g/mol. The van der Waals surface area contributed by atoms with Gasteiger partial charge in [-0.2, -0.15) is 0 Å². The molecule has 15 heavy (non-hydrogen) atoms. The highest BCUT2D eigenvalue weighted by atomic mass is 35.5. The van der Waals surface area contributed by atoms with Gasteiger partial charge in [0, 0.05) is 13.1 Å². The van der Waals surface area contributed by atoms with Gasteiger partial charge >= 0.3 is 0 Å². The Morgan fingerprint density at radius 1 is 1.40 bits per heavy atom. The fourth-order valence-corrected chi connectivity index (χ4v) is 1.41. The summed E-state index contributed by atoms with van der Waals surface area (Å²) in [5, 5.41) is 3.91. The Morgan fingerprint density at radius 2 is 2.13 bits per heavy atom. The average Bonchev–Trinajstić information content (AvgIpc) is 2.23. The number of hydrogen-bond donors (Lipinski definition) is 1. The third kappa shape index (κ3) is 3.68. The minimum atomic E-state index is 0.733. The molecule has 0 spiro atoms. The molecule has 1 N–H and O–H groups in total. The predicted octanol–water partition coefficient (Wildman–Crippen LogP) is 2.62. The van der Waals surface area contributed by atoms with Crippen LogP contribution in [0.15, 0.2) is 12.1 Å². The highest BCUT2D eigenvalue weighted by molar-refractivity contribution is 6.31. The SMILES string of the molecule is CCNc1ccc(Cl)c(CN(C)CC)n1. The number of halogens is 1. The van der Waals surface area contributed by atoms with Crippen molar-refractivity contribution < 1.29 is 0 Å². The van der Waals surface area contributed by atoms with E-state index in [1.54, 1.807) is 0 Å². The Hall–Kier alpha value is -0.800. The van der Waals surface area contributed by atoms with Crippen molar-refractivity contribution in [1.82, 2.24) is 9.88 Å². The van der Waals surface area contributed by atoms with E-state index in [1.165, 1.54) is 0 Å². The van der Waals surface area contributed by atoms with Crippen molar-refractivity contribution in [1.29, 1.82) is 0 Å². The maximum Gasteiger partial charge on any atom is 0.126 e.